The number of nitrogens with two attached hydrogens (primary N) is 2. The summed E-state index contributed by atoms with van der Waals surface area (Å²) in [7, 11) is -3.85. The highest BCUT2D eigenvalue weighted by molar-refractivity contribution is 7.89. The fourth-order valence-corrected chi connectivity index (χ4v) is 2.78. The second-order valence-corrected chi connectivity index (χ2v) is 6.68. The molecule has 0 atom stereocenters. The normalized spacial score (nSPS) is 11.6. The van der Waals surface area contributed by atoms with Crippen molar-refractivity contribution in [3.8, 4) is 5.69 Å². The molecule has 5 N–H and O–H groups in total. The van der Waals surface area contributed by atoms with Gasteiger partial charge in [0.2, 0.25) is 21.6 Å². The van der Waals surface area contributed by atoms with Crippen molar-refractivity contribution in [1.29, 1.82) is 0 Å². The Morgan fingerprint density at radius 3 is 2.44 bits per heavy atom. The van der Waals surface area contributed by atoms with E-state index in [1.807, 2.05) is 5.43 Å². The number of nitrogens with zero attached hydrogens (tertiary/aromatic N) is 4. The topological polar surface area (TPSA) is 167 Å². The Kier molecular flexibility index (Phi) is 3.87. The summed E-state index contributed by atoms with van der Waals surface area (Å²) < 4.78 is 24.9. The van der Waals surface area contributed by atoms with E-state index in [-0.39, 0.29) is 16.5 Å². The Labute approximate surface area is 140 Å². The van der Waals surface area contributed by atoms with Gasteiger partial charge in [0, 0.05) is 11.8 Å². The molecular formula is C13H13N7O4S. The third-order valence-corrected chi connectivity index (χ3v) is 4.30. The summed E-state index contributed by atoms with van der Waals surface area (Å²) in [5.74, 6) is 4.16. The maximum absolute atomic E-state index is 12.2. The molecule has 2 heterocycles. The van der Waals surface area contributed by atoms with E-state index in [9.17, 15) is 18.0 Å². The molecule has 2 aromatic heterocycles. The number of amides is 1. The minimum Gasteiger partial charge on any atom is -0.287 e. The molecule has 25 heavy (non-hydrogen) atoms. The van der Waals surface area contributed by atoms with Crippen molar-refractivity contribution in [3.63, 3.8) is 0 Å². The number of nitrogen functional groups attached to an aromatic ring is 1. The molecule has 0 spiro atoms. The molecule has 3 aromatic rings. The van der Waals surface area contributed by atoms with Crippen molar-refractivity contribution < 1.29 is 13.2 Å². The van der Waals surface area contributed by atoms with Gasteiger partial charge in [-0.2, -0.15) is 4.68 Å². The molecule has 1 aromatic carbocycles. The number of hydrogen-bond acceptors (Lipinski definition) is 7. The van der Waals surface area contributed by atoms with Crippen LogP contribution < -0.4 is 22.0 Å². The van der Waals surface area contributed by atoms with Crippen molar-refractivity contribution in [3.05, 3.63) is 52.2 Å². The number of nitrogens with one attached hydrogen (secondary N) is 1. The van der Waals surface area contributed by atoms with E-state index < -0.39 is 21.5 Å². The van der Waals surface area contributed by atoms with Crippen LogP contribution in [0.4, 0.5) is 0 Å². The third-order valence-electron chi connectivity index (χ3n) is 3.37. The molecule has 0 aliphatic heterocycles. The Morgan fingerprint density at radius 2 is 1.88 bits per heavy atom. The first-order valence-corrected chi connectivity index (χ1v) is 8.40. The zero-order chi connectivity index (χ0) is 18.4. The monoisotopic (exact) mass is 363 g/mol. The van der Waals surface area contributed by atoms with Crippen LogP contribution >= 0.6 is 0 Å². The third kappa shape index (κ3) is 2.88. The molecule has 0 aliphatic carbocycles. The van der Waals surface area contributed by atoms with Gasteiger partial charge in [-0.3, -0.25) is 15.0 Å². The standard InChI is InChI=1S/C13H13N7O4S/c1-7-6-10(21)19-11(12(22)17-14)18-20(13(19)16-7)8-2-4-9(5-3-8)25(15,23)24/h2-6H,14H2,1H3,(H,17,22)(H2,15,23,24). The molecule has 0 saturated heterocycles. The lowest BCUT2D eigenvalue weighted by molar-refractivity contribution is 0.0941. The molecule has 1 amide bonds. The number of benzene rings is 1. The summed E-state index contributed by atoms with van der Waals surface area (Å²) in [5.41, 5.74) is 2.20. The molecule has 12 heteroatoms. The average Bonchev–Trinajstić information content (AvgIpc) is 2.93. The van der Waals surface area contributed by atoms with Crippen LogP contribution in [0.1, 0.15) is 16.3 Å². The molecule has 0 radical (unpaired) electrons. The quantitative estimate of drug-likeness (QED) is 0.287. The lowest BCUT2D eigenvalue weighted by atomic mass is 10.3. The molecule has 3 rings (SSSR count). The highest BCUT2D eigenvalue weighted by Gasteiger charge is 2.20. The van der Waals surface area contributed by atoms with Gasteiger partial charge < -0.3 is 0 Å². The number of rotatable bonds is 3. The molecule has 0 aliphatic rings. The Hall–Kier alpha value is -3.09. The van der Waals surface area contributed by atoms with E-state index in [2.05, 4.69) is 10.1 Å². The van der Waals surface area contributed by atoms with Gasteiger partial charge in [0.1, 0.15) is 0 Å². The molecule has 0 fully saturated rings. The number of aromatic nitrogens is 4. The van der Waals surface area contributed by atoms with Gasteiger partial charge >= 0.3 is 5.91 Å². The lowest BCUT2D eigenvalue weighted by Gasteiger charge is -2.04. The summed E-state index contributed by atoms with van der Waals surface area (Å²) in [4.78, 5) is 28.3. The predicted octanol–water partition coefficient (Wildman–Crippen LogP) is -1.56. The maximum atomic E-state index is 12.2. The van der Waals surface area contributed by atoms with E-state index in [0.29, 0.717) is 11.4 Å². The first-order valence-electron chi connectivity index (χ1n) is 6.86. The summed E-state index contributed by atoms with van der Waals surface area (Å²) in [6.45, 7) is 1.62. The Bertz CT molecular complexity index is 1150. The number of hydrogen-bond donors (Lipinski definition) is 3. The van der Waals surface area contributed by atoms with Crippen LogP contribution in [0.3, 0.4) is 0 Å². The van der Waals surface area contributed by atoms with Gasteiger partial charge in [0.25, 0.3) is 5.56 Å². The number of hydrazine groups is 1. The molecule has 130 valence electrons. The van der Waals surface area contributed by atoms with Crippen LogP contribution in [0.15, 0.2) is 40.0 Å². The summed E-state index contributed by atoms with van der Waals surface area (Å²) >= 11 is 0. The summed E-state index contributed by atoms with van der Waals surface area (Å²) in [6, 6.07) is 6.64. The number of primary sulfonamides is 1. The summed E-state index contributed by atoms with van der Waals surface area (Å²) in [6.07, 6.45) is 0. The molecular weight excluding hydrogens is 350 g/mol. The largest absolute Gasteiger partial charge is 0.303 e. The van der Waals surface area contributed by atoms with Gasteiger partial charge in [0.05, 0.1) is 10.6 Å². The highest BCUT2D eigenvalue weighted by Crippen LogP contribution is 2.15. The van der Waals surface area contributed by atoms with E-state index >= 15 is 0 Å². The number of carbonyl (C=O) groups is 1. The van der Waals surface area contributed by atoms with Gasteiger partial charge in [-0.25, -0.2) is 28.8 Å². The Morgan fingerprint density at radius 1 is 1.24 bits per heavy atom. The molecule has 0 bridgehead atoms. The van der Waals surface area contributed by atoms with E-state index in [1.54, 1.807) is 6.92 Å². The number of aryl methyl sites for hydroxylation is 1. The number of fused-ring (bicyclic) bond motifs is 1. The predicted molar refractivity (Wildman–Crippen MR) is 86.3 cm³/mol. The van der Waals surface area contributed by atoms with Crippen LogP contribution in [-0.4, -0.2) is 33.5 Å². The van der Waals surface area contributed by atoms with Gasteiger partial charge in [-0.05, 0) is 31.2 Å². The van der Waals surface area contributed by atoms with Crippen LogP contribution in [0.5, 0.6) is 0 Å². The minimum atomic E-state index is -3.85. The summed E-state index contributed by atoms with van der Waals surface area (Å²) in [5, 5.41) is 9.13. The highest BCUT2D eigenvalue weighted by atomic mass is 32.2. The van der Waals surface area contributed by atoms with Gasteiger partial charge in [-0.15, -0.1) is 5.10 Å². The van der Waals surface area contributed by atoms with Crippen molar-refractivity contribution >= 4 is 21.7 Å². The second kappa shape index (κ2) is 5.77. The van der Waals surface area contributed by atoms with Crippen LogP contribution in [-0.2, 0) is 10.0 Å². The minimum absolute atomic E-state index is 0.0759. The smallest absolute Gasteiger partial charge is 0.287 e. The number of carbonyl (C=O) groups excluding carboxylic acids is 1. The second-order valence-electron chi connectivity index (χ2n) is 5.12. The van der Waals surface area contributed by atoms with E-state index in [0.717, 1.165) is 4.40 Å². The van der Waals surface area contributed by atoms with Gasteiger partial charge in [0.15, 0.2) is 0 Å². The van der Waals surface area contributed by atoms with Crippen LogP contribution in [0.25, 0.3) is 11.5 Å². The van der Waals surface area contributed by atoms with E-state index in [4.69, 9.17) is 11.0 Å². The SMILES string of the molecule is Cc1cc(=O)n2c(C(=O)NN)nn(-c3ccc(S(N)(=O)=O)cc3)c2n1. The fraction of sp³-hybridized carbons (Fsp3) is 0.0769. The van der Waals surface area contributed by atoms with Crippen molar-refractivity contribution in [1.82, 2.24) is 24.6 Å². The molecule has 0 saturated carbocycles. The van der Waals surface area contributed by atoms with Gasteiger partial charge in [-0.1, -0.05) is 0 Å². The zero-order valence-corrected chi connectivity index (χ0v) is 13.7. The van der Waals surface area contributed by atoms with Crippen molar-refractivity contribution in [2.45, 2.75) is 11.8 Å². The first-order chi connectivity index (χ1) is 11.7. The number of sulfonamides is 1. The van der Waals surface area contributed by atoms with Crippen molar-refractivity contribution in [2.75, 3.05) is 0 Å². The van der Waals surface area contributed by atoms with Crippen LogP contribution in [0, 0.1) is 6.92 Å². The zero-order valence-electron chi connectivity index (χ0n) is 12.9. The van der Waals surface area contributed by atoms with Crippen molar-refractivity contribution in [2.24, 2.45) is 11.0 Å². The first kappa shape index (κ1) is 16.8. The Balaban J connectivity index is 2.30. The fourth-order valence-electron chi connectivity index (χ4n) is 2.27. The van der Waals surface area contributed by atoms with E-state index in [1.165, 1.54) is 35.0 Å². The molecule has 11 nitrogen and oxygen atoms in total. The average molecular weight is 363 g/mol. The maximum Gasteiger partial charge on any atom is 0.303 e. The van der Waals surface area contributed by atoms with Crippen LogP contribution in [0.2, 0.25) is 0 Å². The molecule has 0 unspecified atom stereocenters. The lowest BCUT2D eigenvalue weighted by Crippen LogP contribution is -2.33.